The average Bonchev–Trinajstić information content (AvgIpc) is 2.66. The Balaban J connectivity index is 2.84. The zero-order chi connectivity index (χ0) is 10.8. The van der Waals surface area contributed by atoms with Crippen LogP contribution in [0.25, 0.3) is 10.8 Å². The third-order valence-electron chi connectivity index (χ3n) is 2.21. The van der Waals surface area contributed by atoms with Gasteiger partial charge in [-0.05, 0) is 12.3 Å². The van der Waals surface area contributed by atoms with E-state index in [-0.39, 0.29) is 0 Å². The van der Waals surface area contributed by atoms with Gasteiger partial charge in [0.1, 0.15) is 5.75 Å². The molecule has 0 aliphatic carbocycles. The van der Waals surface area contributed by atoms with E-state index in [4.69, 9.17) is 4.74 Å². The summed E-state index contributed by atoms with van der Waals surface area (Å²) in [6, 6.07) is 5.78. The second-order valence-electron chi connectivity index (χ2n) is 2.96. The molecule has 0 unspecified atom stereocenters. The quantitative estimate of drug-likeness (QED) is 0.605. The van der Waals surface area contributed by atoms with Crippen LogP contribution in [0.3, 0.4) is 0 Å². The third-order valence-corrected chi connectivity index (χ3v) is 4.46. The van der Waals surface area contributed by atoms with E-state index >= 15 is 0 Å². The number of carbonyl (C=O) groups excluding carboxylic acids is 1. The average molecular weight is 238 g/mol. The fraction of sp³-hybridized carbons (Fsp3) is 0.182. The van der Waals surface area contributed by atoms with Gasteiger partial charge in [-0.15, -0.1) is 23.1 Å². The zero-order valence-corrected chi connectivity index (χ0v) is 10.1. The van der Waals surface area contributed by atoms with Crippen molar-refractivity contribution >= 4 is 40.2 Å². The molecule has 0 spiro atoms. The van der Waals surface area contributed by atoms with E-state index in [9.17, 15) is 4.79 Å². The second kappa shape index (κ2) is 4.24. The van der Waals surface area contributed by atoms with Crippen LogP contribution in [-0.4, -0.2) is 19.7 Å². The van der Waals surface area contributed by atoms with Gasteiger partial charge >= 0.3 is 0 Å². The molecule has 78 valence electrons. The Morgan fingerprint density at radius 2 is 2.27 bits per heavy atom. The minimum atomic E-state index is 0.772. The first kappa shape index (κ1) is 10.5. The molecule has 0 fully saturated rings. The molecule has 2 aromatic rings. The van der Waals surface area contributed by atoms with Crippen LogP contribution in [0.15, 0.2) is 22.4 Å². The lowest BCUT2D eigenvalue weighted by Crippen LogP contribution is -1.83. The monoisotopic (exact) mass is 238 g/mol. The topological polar surface area (TPSA) is 26.3 Å². The lowest BCUT2D eigenvalue weighted by atomic mass is 10.2. The fourth-order valence-electron chi connectivity index (χ4n) is 1.55. The first-order valence-electron chi connectivity index (χ1n) is 4.40. The van der Waals surface area contributed by atoms with Crippen LogP contribution >= 0.6 is 23.1 Å². The van der Waals surface area contributed by atoms with E-state index < -0.39 is 0 Å². The van der Waals surface area contributed by atoms with Gasteiger partial charge in [-0.2, -0.15) is 0 Å². The van der Waals surface area contributed by atoms with Crippen molar-refractivity contribution in [2.45, 2.75) is 4.21 Å². The van der Waals surface area contributed by atoms with E-state index in [0.29, 0.717) is 0 Å². The maximum Gasteiger partial charge on any atom is 0.160 e. The van der Waals surface area contributed by atoms with Crippen molar-refractivity contribution in [1.29, 1.82) is 0 Å². The summed E-state index contributed by atoms with van der Waals surface area (Å²) in [4.78, 5) is 11.7. The Morgan fingerprint density at radius 1 is 1.47 bits per heavy atom. The number of benzene rings is 1. The standard InChI is InChI=1S/C11H10O2S2/c1-13-8-5-3-4-7-9(6-12)15-11(14-2)10(7)8/h3-6H,1-2H3. The second-order valence-corrected chi connectivity index (χ2v) is 5.09. The van der Waals surface area contributed by atoms with Crippen molar-refractivity contribution in [3.63, 3.8) is 0 Å². The fourth-order valence-corrected chi connectivity index (χ4v) is 3.41. The highest BCUT2D eigenvalue weighted by Gasteiger charge is 2.13. The SMILES string of the molecule is COc1cccc2c(C=O)sc(SC)c12. The lowest BCUT2D eigenvalue weighted by molar-refractivity contribution is 0.112. The molecule has 2 rings (SSSR count). The number of thioether (sulfide) groups is 1. The predicted molar refractivity (Wildman–Crippen MR) is 65.5 cm³/mol. The summed E-state index contributed by atoms with van der Waals surface area (Å²) in [5, 5.41) is 2.04. The van der Waals surface area contributed by atoms with Crippen LogP contribution in [0, 0.1) is 0 Å². The number of rotatable bonds is 3. The molecule has 0 saturated carbocycles. The molecular weight excluding hydrogens is 228 g/mol. The van der Waals surface area contributed by atoms with Gasteiger partial charge in [0.2, 0.25) is 0 Å². The maximum absolute atomic E-state index is 10.9. The molecule has 2 nitrogen and oxygen atoms in total. The summed E-state index contributed by atoms with van der Waals surface area (Å²) in [7, 11) is 1.65. The molecule has 1 aromatic heterocycles. The first-order valence-corrected chi connectivity index (χ1v) is 6.44. The minimum Gasteiger partial charge on any atom is -0.496 e. The van der Waals surface area contributed by atoms with E-state index in [1.165, 1.54) is 11.3 Å². The van der Waals surface area contributed by atoms with Gasteiger partial charge in [0.05, 0.1) is 16.2 Å². The molecule has 4 heteroatoms. The van der Waals surface area contributed by atoms with E-state index in [2.05, 4.69) is 0 Å². The summed E-state index contributed by atoms with van der Waals surface area (Å²) in [5.41, 5.74) is 0. The summed E-state index contributed by atoms with van der Waals surface area (Å²) in [5.74, 6) is 0.834. The van der Waals surface area contributed by atoms with Gasteiger partial charge in [-0.25, -0.2) is 0 Å². The van der Waals surface area contributed by atoms with Crippen molar-refractivity contribution in [3.05, 3.63) is 23.1 Å². The molecule has 0 bridgehead atoms. The molecule has 0 saturated heterocycles. The Kier molecular flexibility index (Phi) is 2.98. The Morgan fingerprint density at radius 3 is 2.87 bits per heavy atom. The van der Waals surface area contributed by atoms with E-state index in [0.717, 1.165) is 31.9 Å². The molecule has 0 radical (unpaired) electrons. The van der Waals surface area contributed by atoms with E-state index in [1.807, 2.05) is 24.5 Å². The number of hydrogen-bond acceptors (Lipinski definition) is 4. The van der Waals surface area contributed by atoms with Gasteiger partial charge < -0.3 is 4.74 Å². The van der Waals surface area contributed by atoms with Crippen LogP contribution in [-0.2, 0) is 0 Å². The summed E-state index contributed by atoms with van der Waals surface area (Å²) in [6.45, 7) is 0. The largest absolute Gasteiger partial charge is 0.496 e. The van der Waals surface area contributed by atoms with Crippen LogP contribution in [0.2, 0.25) is 0 Å². The highest BCUT2D eigenvalue weighted by Crippen LogP contribution is 2.41. The van der Waals surface area contributed by atoms with Crippen molar-refractivity contribution in [3.8, 4) is 5.75 Å². The molecule has 0 amide bonds. The molecule has 1 heterocycles. The summed E-state index contributed by atoms with van der Waals surface area (Å²) < 4.78 is 6.43. The van der Waals surface area contributed by atoms with Gasteiger partial charge in [0.25, 0.3) is 0 Å². The number of methoxy groups -OCH3 is 1. The first-order chi connectivity index (χ1) is 7.31. The zero-order valence-electron chi connectivity index (χ0n) is 8.44. The van der Waals surface area contributed by atoms with Gasteiger partial charge in [-0.3, -0.25) is 4.79 Å². The van der Waals surface area contributed by atoms with Crippen LogP contribution in [0.5, 0.6) is 5.75 Å². The number of thiophene rings is 1. The highest BCUT2D eigenvalue weighted by atomic mass is 32.2. The Hall–Kier alpha value is -1.00. The summed E-state index contributed by atoms with van der Waals surface area (Å²) in [6.07, 6.45) is 2.92. The summed E-state index contributed by atoms with van der Waals surface area (Å²) >= 11 is 3.16. The van der Waals surface area contributed by atoms with Crippen LogP contribution in [0.4, 0.5) is 0 Å². The maximum atomic E-state index is 10.9. The van der Waals surface area contributed by atoms with Crippen molar-refractivity contribution < 1.29 is 9.53 Å². The molecule has 0 N–H and O–H groups in total. The third kappa shape index (κ3) is 1.64. The lowest BCUT2D eigenvalue weighted by Gasteiger charge is -2.02. The number of hydrogen-bond donors (Lipinski definition) is 0. The van der Waals surface area contributed by atoms with Crippen LogP contribution < -0.4 is 4.74 Å². The van der Waals surface area contributed by atoms with Gasteiger partial charge in [0.15, 0.2) is 6.29 Å². The molecule has 1 aromatic carbocycles. The van der Waals surface area contributed by atoms with Gasteiger partial charge in [0, 0.05) is 10.8 Å². The number of aldehydes is 1. The van der Waals surface area contributed by atoms with Crippen molar-refractivity contribution in [2.24, 2.45) is 0 Å². The van der Waals surface area contributed by atoms with Crippen molar-refractivity contribution in [2.75, 3.05) is 13.4 Å². The predicted octanol–water partition coefficient (Wildman–Crippen LogP) is 3.44. The van der Waals surface area contributed by atoms with E-state index in [1.54, 1.807) is 18.9 Å². The smallest absolute Gasteiger partial charge is 0.160 e. The normalized spacial score (nSPS) is 10.5. The molecule has 15 heavy (non-hydrogen) atoms. The minimum absolute atomic E-state index is 0.772. The Bertz CT molecular complexity index is 503. The number of ether oxygens (including phenoxy) is 1. The molecule has 0 aliphatic heterocycles. The number of fused-ring (bicyclic) bond motifs is 1. The number of carbonyl (C=O) groups is 1. The Labute approximate surface area is 96.2 Å². The molecule has 0 aliphatic rings. The molecular formula is C11H10O2S2. The van der Waals surface area contributed by atoms with Gasteiger partial charge in [-0.1, -0.05) is 12.1 Å². The highest BCUT2D eigenvalue weighted by molar-refractivity contribution is 8.00. The van der Waals surface area contributed by atoms with Crippen LogP contribution in [0.1, 0.15) is 9.67 Å². The van der Waals surface area contributed by atoms with Crippen molar-refractivity contribution in [1.82, 2.24) is 0 Å². The molecule has 0 atom stereocenters.